The van der Waals surface area contributed by atoms with Gasteiger partial charge in [0.2, 0.25) is 5.82 Å². The van der Waals surface area contributed by atoms with Crippen LogP contribution in [0, 0.1) is 0 Å². The molecule has 4 rings (SSSR count). The van der Waals surface area contributed by atoms with Crippen LogP contribution in [0.5, 0.6) is 5.75 Å². The molecule has 31 heavy (non-hydrogen) atoms. The van der Waals surface area contributed by atoms with Crippen molar-refractivity contribution in [2.75, 3.05) is 33.3 Å². The zero-order valence-corrected chi connectivity index (χ0v) is 18.4. The molecule has 1 aromatic carbocycles. The Labute approximate surface area is 181 Å². The first-order valence-electron chi connectivity index (χ1n) is 10.5. The van der Waals surface area contributed by atoms with Gasteiger partial charge >= 0.3 is 0 Å². The molecule has 164 valence electrons. The number of nitrogens with zero attached hydrogens (tertiary/aromatic N) is 5. The van der Waals surface area contributed by atoms with Crippen molar-refractivity contribution >= 4 is 5.91 Å². The molecule has 1 atom stereocenters. The largest absolute Gasteiger partial charge is 0.496 e. The van der Waals surface area contributed by atoms with Gasteiger partial charge in [-0.25, -0.2) is 4.68 Å². The van der Waals surface area contributed by atoms with Gasteiger partial charge in [-0.2, -0.15) is 0 Å². The number of para-hydroxylation sites is 1. The van der Waals surface area contributed by atoms with Crippen LogP contribution in [0.2, 0.25) is 0 Å². The van der Waals surface area contributed by atoms with Crippen molar-refractivity contribution in [3.8, 4) is 5.75 Å². The highest BCUT2D eigenvalue weighted by atomic mass is 16.5. The molecule has 0 unspecified atom stereocenters. The highest BCUT2D eigenvalue weighted by molar-refractivity contribution is 5.91. The normalized spacial score (nSPS) is 16.3. The average molecular weight is 426 g/mol. The quantitative estimate of drug-likeness (QED) is 0.660. The standard InChI is InChI=1S/C22H28N6O3/c1-22(2,3)28-20(23-24-25-28)19(16-8-5-6-9-17(16)30-4)26-11-13-27(14-12-26)21(29)18-10-7-15-31-18/h5-10,15,19H,11-14H2,1-4H3/p+1/t19-/m1/s1. The molecule has 1 aliphatic heterocycles. The fourth-order valence-electron chi connectivity index (χ4n) is 4.14. The van der Waals surface area contributed by atoms with E-state index in [-0.39, 0.29) is 17.5 Å². The van der Waals surface area contributed by atoms with Crippen LogP contribution in [0.25, 0.3) is 0 Å². The summed E-state index contributed by atoms with van der Waals surface area (Å²) in [4.78, 5) is 15.8. The zero-order valence-electron chi connectivity index (χ0n) is 18.4. The van der Waals surface area contributed by atoms with Gasteiger partial charge < -0.3 is 19.0 Å². The van der Waals surface area contributed by atoms with Crippen molar-refractivity contribution in [2.45, 2.75) is 32.4 Å². The maximum atomic E-state index is 12.7. The van der Waals surface area contributed by atoms with E-state index in [0.29, 0.717) is 18.8 Å². The highest BCUT2D eigenvalue weighted by Crippen LogP contribution is 2.29. The molecule has 1 fully saturated rings. The number of hydrogen-bond donors (Lipinski definition) is 1. The Balaban J connectivity index is 1.65. The van der Waals surface area contributed by atoms with Gasteiger partial charge in [0.05, 0.1) is 50.7 Å². The first kappa shape index (κ1) is 21.0. The molecule has 1 N–H and O–H groups in total. The van der Waals surface area contributed by atoms with Gasteiger partial charge in [-0.3, -0.25) is 4.79 Å². The number of amides is 1. The van der Waals surface area contributed by atoms with Crippen LogP contribution in [0.15, 0.2) is 47.1 Å². The second-order valence-corrected chi connectivity index (χ2v) is 8.72. The molecule has 1 aliphatic rings. The molecule has 0 saturated carbocycles. The van der Waals surface area contributed by atoms with E-state index in [0.717, 1.165) is 30.2 Å². The van der Waals surface area contributed by atoms with Gasteiger partial charge in [-0.1, -0.05) is 12.1 Å². The summed E-state index contributed by atoms with van der Waals surface area (Å²) < 4.78 is 12.9. The Bertz CT molecular complexity index is 1020. The minimum Gasteiger partial charge on any atom is -0.496 e. The zero-order chi connectivity index (χ0) is 22.0. The van der Waals surface area contributed by atoms with Gasteiger partial charge in [0.1, 0.15) is 5.75 Å². The van der Waals surface area contributed by atoms with Crippen LogP contribution in [0.3, 0.4) is 0 Å². The lowest BCUT2D eigenvalue weighted by atomic mass is 10.0. The summed E-state index contributed by atoms with van der Waals surface area (Å²) in [6.45, 7) is 9.01. The molecule has 9 heteroatoms. The number of carbonyl (C=O) groups is 1. The number of quaternary nitrogens is 1. The van der Waals surface area contributed by atoms with Gasteiger partial charge in [-0.05, 0) is 55.5 Å². The van der Waals surface area contributed by atoms with Crippen LogP contribution in [0.1, 0.15) is 48.8 Å². The predicted octanol–water partition coefficient (Wildman–Crippen LogP) is 1.16. The lowest BCUT2D eigenvalue weighted by Crippen LogP contribution is -3.15. The van der Waals surface area contributed by atoms with E-state index in [2.05, 4.69) is 42.4 Å². The van der Waals surface area contributed by atoms with Gasteiger partial charge in [0.15, 0.2) is 11.8 Å². The lowest BCUT2D eigenvalue weighted by Gasteiger charge is -2.36. The number of methoxy groups -OCH3 is 1. The second kappa shape index (κ2) is 8.50. The van der Waals surface area contributed by atoms with Crippen LogP contribution in [-0.4, -0.2) is 64.3 Å². The van der Waals surface area contributed by atoms with E-state index in [1.807, 2.05) is 27.8 Å². The van der Waals surface area contributed by atoms with Gasteiger partial charge in [-0.15, -0.1) is 5.10 Å². The Kier molecular flexibility index (Phi) is 5.77. The smallest absolute Gasteiger partial charge is 0.289 e. The summed E-state index contributed by atoms with van der Waals surface area (Å²) in [5.74, 6) is 1.90. The van der Waals surface area contributed by atoms with Crippen molar-refractivity contribution < 1.29 is 18.8 Å². The molecule has 0 radical (unpaired) electrons. The minimum atomic E-state index is -0.268. The predicted molar refractivity (Wildman–Crippen MR) is 113 cm³/mol. The maximum Gasteiger partial charge on any atom is 0.289 e. The first-order valence-corrected chi connectivity index (χ1v) is 10.5. The minimum absolute atomic E-state index is 0.0718. The molecule has 3 aromatic rings. The summed E-state index contributed by atoms with van der Waals surface area (Å²) in [6, 6.07) is 11.3. The van der Waals surface area contributed by atoms with E-state index in [4.69, 9.17) is 9.15 Å². The number of rotatable bonds is 5. The molecular formula is C22H29N6O3+. The van der Waals surface area contributed by atoms with Crippen molar-refractivity contribution in [2.24, 2.45) is 0 Å². The van der Waals surface area contributed by atoms with Gasteiger partial charge in [0, 0.05) is 0 Å². The Morgan fingerprint density at radius 1 is 1.16 bits per heavy atom. The molecular weight excluding hydrogens is 396 g/mol. The Hall–Kier alpha value is -3.20. The fraction of sp³-hybridized carbons (Fsp3) is 0.455. The summed E-state index contributed by atoms with van der Waals surface area (Å²) >= 11 is 0. The molecule has 9 nitrogen and oxygen atoms in total. The number of furan rings is 1. The molecule has 0 spiro atoms. The van der Waals surface area contributed by atoms with E-state index in [1.54, 1.807) is 19.2 Å². The Morgan fingerprint density at radius 2 is 1.90 bits per heavy atom. The van der Waals surface area contributed by atoms with Crippen molar-refractivity contribution in [1.29, 1.82) is 0 Å². The van der Waals surface area contributed by atoms with E-state index in [1.165, 1.54) is 11.2 Å². The number of aromatic nitrogens is 4. The molecule has 3 heterocycles. The highest BCUT2D eigenvalue weighted by Gasteiger charge is 2.38. The molecule has 0 aliphatic carbocycles. The lowest BCUT2D eigenvalue weighted by molar-refractivity contribution is -0.930. The van der Waals surface area contributed by atoms with Gasteiger partial charge in [0.25, 0.3) is 5.91 Å². The number of piperazine rings is 1. The second-order valence-electron chi connectivity index (χ2n) is 8.72. The van der Waals surface area contributed by atoms with Crippen LogP contribution in [-0.2, 0) is 5.54 Å². The number of hydrogen-bond acceptors (Lipinski definition) is 6. The maximum absolute atomic E-state index is 12.7. The number of ether oxygens (including phenoxy) is 1. The summed E-state index contributed by atoms with van der Waals surface area (Å²) in [5.41, 5.74) is 0.765. The summed E-state index contributed by atoms with van der Waals surface area (Å²) in [5, 5.41) is 12.7. The number of nitrogens with one attached hydrogen (secondary N) is 1. The molecule has 2 aromatic heterocycles. The molecule has 0 bridgehead atoms. The fourth-order valence-corrected chi connectivity index (χ4v) is 4.14. The van der Waals surface area contributed by atoms with E-state index < -0.39 is 0 Å². The van der Waals surface area contributed by atoms with Crippen LogP contribution in [0.4, 0.5) is 0 Å². The van der Waals surface area contributed by atoms with Crippen molar-refractivity contribution in [3.63, 3.8) is 0 Å². The first-order chi connectivity index (χ1) is 14.9. The van der Waals surface area contributed by atoms with E-state index in [9.17, 15) is 4.79 Å². The third-order valence-electron chi connectivity index (χ3n) is 5.67. The van der Waals surface area contributed by atoms with Crippen LogP contribution >= 0.6 is 0 Å². The number of tetrazole rings is 1. The number of benzene rings is 1. The molecule has 1 amide bonds. The molecule has 1 saturated heterocycles. The Morgan fingerprint density at radius 3 is 2.55 bits per heavy atom. The summed E-state index contributed by atoms with van der Waals surface area (Å²) in [7, 11) is 1.68. The summed E-state index contributed by atoms with van der Waals surface area (Å²) in [6.07, 6.45) is 1.53. The van der Waals surface area contributed by atoms with Crippen molar-refractivity contribution in [1.82, 2.24) is 25.1 Å². The average Bonchev–Trinajstić information content (AvgIpc) is 3.47. The number of carbonyl (C=O) groups excluding carboxylic acids is 1. The van der Waals surface area contributed by atoms with Crippen molar-refractivity contribution in [3.05, 3.63) is 59.8 Å². The third-order valence-corrected chi connectivity index (χ3v) is 5.67. The monoisotopic (exact) mass is 425 g/mol. The van der Waals surface area contributed by atoms with E-state index >= 15 is 0 Å². The SMILES string of the molecule is COc1ccccc1[C@H](c1nnnn1C(C)(C)C)[NH+]1CCN(C(=O)c2ccco2)CC1. The topological polar surface area (TPSA) is 90.7 Å². The third kappa shape index (κ3) is 4.18. The van der Waals surface area contributed by atoms with Crippen LogP contribution < -0.4 is 9.64 Å².